The molecule has 2 aromatic heterocycles. The van der Waals surface area contributed by atoms with E-state index in [2.05, 4.69) is 84.9 Å². The van der Waals surface area contributed by atoms with Gasteiger partial charge in [0.1, 0.15) is 5.69 Å². The van der Waals surface area contributed by atoms with E-state index in [1.807, 2.05) is 27.7 Å². The van der Waals surface area contributed by atoms with Crippen LogP contribution in [-0.2, 0) is 0 Å². The first-order chi connectivity index (χ1) is 18.3. The fraction of sp³-hybridized carbons (Fsp3) is 0.500. The number of nitrogens with zero attached hydrogens (tertiary/aromatic N) is 4. The monoisotopic (exact) mass is 578 g/mol. The molecule has 0 radical (unpaired) electrons. The van der Waals surface area contributed by atoms with E-state index >= 15 is 0 Å². The van der Waals surface area contributed by atoms with Gasteiger partial charge in [-0.05, 0) is 74.9 Å². The van der Waals surface area contributed by atoms with Crippen LogP contribution in [0.1, 0.15) is 75.7 Å². The van der Waals surface area contributed by atoms with Crippen LogP contribution in [-0.4, -0.2) is 58.0 Å². The topological polar surface area (TPSA) is 40.9 Å². The summed E-state index contributed by atoms with van der Waals surface area (Å²) in [6.07, 6.45) is 12.3. The summed E-state index contributed by atoms with van der Waals surface area (Å²) >= 11 is 3.55. The Hall–Kier alpha value is -2.44. The standard InChI is InChI=1S/C32H43BrN4O/c1-24(2)14-20-36(21-15-25(3)4)32(38)27-16-22-37-30(23-27)29(9-8-19-35-17-6-5-7-18-35)31(34-37)26-10-12-28(33)13-11-26/h8-13,16,22-25H,5-7,14-15,17-21H2,1-4H3/b9-8+. The number of carbonyl (C=O) groups is 1. The molecule has 4 rings (SSSR count). The van der Waals surface area contributed by atoms with E-state index in [4.69, 9.17) is 5.10 Å². The van der Waals surface area contributed by atoms with E-state index in [-0.39, 0.29) is 5.91 Å². The van der Waals surface area contributed by atoms with Crippen molar-refractivity contribution < 1.29 is 4.79 Å². The Morgan fingerprint density at radius 3 is 2.29 bits per heavy atom. The molecule has 1 saturated heterocycles. The average molecular weight is 580 g/mol. The summed E-state index contributed by atoms with van der Waals surface area (Å²) < 4.78 is 2.96. The van der Waals surface area contributed by atoms with Crippen molar-refractivity contribution in [1.29, 1.82) is 0 Å². The molecule has 0 saturated carbocycles. The molecule has 6 heteroatoms. The van der Waals surface area contributed by atoms with E-state index in [9.17, 15) is 4.79 Å². The Morgan fingerprint density at radius 1 is 1.00 bits per heavy atom. The number of hydrogen-bond donors (Lipinski definition) is 0. The van der Waals surface area contributed by atoms with E-state index in [1.54, 1.807) is 0 Å². The number of pyridine rings is 1. The Labute approximate surface area is 237 Å². The zero-order valence-corrected chi connectivity index (χ0v) is 25.1. The number of amides is 1. The number of rotatable bonds is 11. The van der Waals surface area contributed by atoms with Gasteiger partial charge in [0.2, 0.25) is 0 Å². The van der Waals surface area contributed by atoms with Gasteiger partial charge < -0.3 is 4.90 Å². The van der Waals surface area contributed by atoms with Gasteiger partial charge in [-0.1, -0.05) is 74.3 Å². The third-order valence-electron chi connectivity index (χ3n) is 7.37. The Bertz CT molecular complexity index is 1210. The van der Waals surface area contributed by atoms with E-state index in [0.717, 1.165) is 64.8 Å². The smallest absolute Gasteiger partial charge is 0.253 e. The fourth-order valence-electron chi connectivity index (χ4n) is 4.97. The first-order valence-electron chi connectivity index (χ1n) is 14.3. The second kappa shape index (κ2) is 13.6. The largest absolute Gasteiger partial charge is 0.339 e. The number of likely N-dealkylation sites (tertiary alicyclic amines) is 1. The Balaban J connectivity index is 1.68. The van der Waals surface area contributed by atoms with Gasteiger partial charge in [0.05, 0.1) is 5.52 Å². The number of hydrogen-bond acceptors (Lipinski definition) is 3. The molecule has 3 heterocycles. The van der Waals surface area contributed by atoms with Crippen molar-refractivity contribution in [2.45, 2.75) is 59.8 Å². The minimum absolute atomic E-state index is 0.114. The number of carbonyl (C=O) groups excluding carboxylic acids is 1. The van der Waals surface area contributed by atoms with E-state index in [1.165, 1.54) is 32.4 Å². The highest BCUT2D eigenvalue weighted by Gasteiger charge is 2.20. The molecule has 204 valence electrons. The van der Waals surface area contributed by atoms with Gasteiger partial charge in [-0.15, -0.1) is 0 Å². The van der Waals surface area contributed by atoms with Crippen LogP contribution in [0.25, 0.3) is 22.9 Å². The lowest BCUT2D eigenvalue weighted by atomic mass is 10.0. The number of fused-ring (bicyclic) bond motifs is 1. The highest BCUT2D eigenvalue weighted by atomic mass is 79.9. The lowest BCUT2D eigenvalue weighted by Crippen LogP contribution is -2.34. The quantitative estimate of drug-likeness (QED) is 0.233. The van der Waals surface area contributed by atoms with Crippen LogP contribution < -0.4 is 0 Å². The maximum atomic E-state index is 13.7. The molecule has 1 amide bonds. The third kappa shape index (κ3) is 7.57. The van der Waals surface area contributed by atoms with Gasteiger partial charge in [-0.3, -0.25) is 9.69 Å². The summed E-state index contributed by atoms with van der Waals surface area (Å²) in [5.74, 6) is 1.24. The van der Waals surface area contributed by atoms with Crippen molar-refractivity contribution in [2.75, 3.05) is 32.7 Å². The predicted octanol–water partition coefficient (Wildman–Crippen LogP) is 7.80. The van der Waals surface area contributed by atoms with Gasteiger partial charge in [-0.25, -0.2) is 4.52 Å². The van der Waals surface area contributed by atoms with Crippen LogP contribution in [0.4, 0.5) is 0 Å². The Kier molecular flexibility index (Phi) is 10.2. The first-order valence-corrected chi connectivity index (χ1v) is 15.1. The second-order valence-electron chi connectivity index (χ2n) is 11.4. The SMILES string of the molecule is CC(C)CCN(CCC(C)C)C(=O)c1ccn2nc(-c3ccc(Br)cc3)c(/C=C/CN3CCCCC3)c2c1. The highest BCUT2D eigenvalue weighted by Crippen LogP contribution is 2.29. The van der Waals surface area contributed by atoms with E-state index in [0.29, 0.717) is 11.8 Å². The van der Waals surface area contributed by atoms with Crippen molar-refractivity contribution in [3.8, 4) is 11.3 Å². The highest BCUT2D eigenvalue weighted by molar-refractivity contribution is 9.10. The van der Waals surface area contributed by atoms with Crippen LogP contribution in [0.3, 0.4) is 0 Å². The molecule has 1 aliphatic heterocycles. The van der Waals surface area contributed by atoms with Crippen LogP contribution >= 0.6 is 15.9 Å². The average Bonchev–Trinajstić information content (AvgIpc) is 3.27. The molecule has 0 bridgehead atoms. The lowest BCUT2D eigenvalue weighted by Gasteiger charge is -2.25. The molecule has 38 heavy (non-hydrogen) atoms. The molecule has 5 nitrogen and oxygen atoms in total. The van der Waals surface area contributed by atoms with Crippen molar-refractivity contribution in [2.24, 2.45) is 11.8 Å². The minimum Gasteiger partial charge on any atom is -0.339 e. The second-order valence-corrected chi connectivity index (χ2v) is 12.4. The summed E-state index contributed by atoms with van der Waals surface area (Å²) in [4.78, 5) is 18.3. The third-order valence-corrected chi connectivity index (χ3v) is 7.90. The summed E-state index contributed by atoms with van der Waals surface area (Å²) in [5.41, 5.74) is 4.77. The number of benzene rings is 1. The van der Waals surface area contributed by atoms with Gasteiger partial charge >= 0.3 is 0 Å². The fourth-order valence-corrected chi connectivity index (χ4v) is 5.23. The molecule has 0 aliphatic carbocycles. The van der Waals surface area contributed by atoms with Crippen LogP contribution in [0.5, 0.6) is 0 Å². The summed E-state index contributed by atoms with van der Waals surface area (Å²) in [5, 5.41) is 4.95. The molecule has 1 aromatic carbocycles. The molecule has 3 aromatic rings. The number of aromatic nitrogens is 2. The minimum atomic E-state index is 0.114. The molecule has 1 aliphatic rings. The lowest BCUT2D eigenvalue weighted by molar-refractivity contribution is 0.0741. The summed E-state index contributed by atoms with van der Waals surface area (Å²) in [7, 11) is 0. The van der Waals surface area contributed by atoms with E-state index < -0.39 is 0 Å². The maximum absolute atomic E-state index is 13.7. The zero-order chi connectivity index (χ0) is 27.1. The van der Waals surface area contributed by atoms with Crippen LogP contribution in [0.2, 0.25) is 0 Å². The Morgan fingerprint density at radius 2 is 1.66 bits per heavy atom. The molecule has 0 N–H and O–H groups in total. The van der Waals surface area contributed by atoms with Gasteiger partial charge in [0.15, 0.2) is 0 Å². The molecule has 0 unspecified atom stereocenters. The molecular weight excluding hydrogens is 536 g/mol. The van der Waals surface area contributed by atoms with Crippen molar-refractivity contribution in [3.05, 3.63) is 64.3 Å². The number of halogens is 1. The molecule has 0 spiro atoms. The number of piperidine rings is 1. The van der Waals surface area contributed by atoms with Crippen molar-refractivity contribution >= 4 is 33.4 Å². The van der Waals surface area contributed by atoms with Gasteiger partial charge in [-0.2, -0.15) is 5.10 Å². The predicted molar refractivity (Wildman–Crippen MR) is 162 cm³/mol. The first kappa shape index (κ1) is 28.6. The molecule has 1 fully saturated rings. The van der Waals surface area contributed by atoms with Gasteiger partial charge in [0.25, 0.3) is 5.91 Å². The normalized spacial score (nSPS) is 14.8. The van der Waals surface area contributed by atoms with Crippen LogP contribution in [0.15, 0.2) is 53.1 Å². The summed E-state index contributed by atoms with van der Waals surface area (Å²) in [6, 6.07) is 12.3. The van der Waals surface area contributed by atoms with Crippen molar-refractivity contribution in [1.82, 2.24) is 19.4 Å². The van der Waals surface area contributed by atoms with Crippen molar-refractivity contribution in [3.63, 3.8) is 0 Å². The zero-order valence-electron chi connectivity index (χ0n) is 23.5. The maximum Gasteiger partial charge on any atom is 0.253 e. The molecular formula is C32H43BrN4O. The summed E-state index contributed by atoms with van der Waals surface area (Å²) in [6.45, 7) is 13.7. The van der Waals surface area contributed by atoms with Gasteiger partial charge in [0, 0.05) is 47.0 Å². The molecule has 0 atom stereocenters. The van der Waals surface area contributed by atoms with Crippen LogP contribution in [0, 0.1) is 11.8 Å².